The number of fused-ring (bicyclic) bond motifs is 1. The monoisotopic (exact) mass is 260 g/mol. The molecule has 19 heavy (non-hydrogen) atoms. The maximum absolute atomic E-state index is 11.2. The van der Waals surface area contributed by atoms with Gasteiger partial charge in [0.1, 0.15) is 0 Å². The van der Waals surface area contributed by atoms with Crippen molar-refractivity contribution < 1.29 is 9.90 Å². The number of piperidine rings is 1. The fourth-order valence-electron chi connectivity index (χ4n) is 3.73. The molecule has 0 spiro atoms. The number of aromatic carboxylic acids is 1. The number of nitrogens with zero attached hydrogens (tertiary/aromatic N) is 2. The van der Waals surface area contributed by atoms with E-state index in [2.05, 4.69) is 9.88 Å². The van der Waals surface area contributed by atoms with Gasteiger partial charge in [-0.05, 0) is 49.8 Å². The standard InChI is InChI=1S/C15H20N2O2/c18-15(19)14-12(5-2-8-16-14)10-17-9-3-6-11-4-1-7-13(11)17/h2,5,8,11,13H,1,3-4,6-7,9-10H2,(H,18,19). The molecule has 1 aromatic heterocycles. The van der Waals surface area contributed by atoms with Crippen molar-refractivity contribution in [1.29, 1.82) is 0 Å². The third-order valence-corrected chi connectivity index (χ3v) is 4.58. The average molecular weight is 260 g/mol. The molecule has 2 unspecified atom stereocenters. The molecule has 0 amide bonds. The highest BCUT2D eigenvalue weighted by atomic mass is 16.4. The normalized spacial score (nSPS) is 27.2. The molecule has 0 radical (unpaired) electrons. The van der Waals surface area contributed by atoms with Crippen molar-refractivity contribution in [2.75, 3.05) is 6.54 Å². The first-order valence-electron chi connectivity index (χ1n) is 7.17. The Kier molecular flexibility index (Phi) is 3.51. The fourth-order valence-corrected chi connectivity index (χ4v) is 3.73. The Morgan fingerprint density at radius 2 is 2.21 bits per heavy atom. The van der Waals surface area contributed by atoms with Crippen LogP contribution < -0.4 is 0 Å². The molecule has 1 saturated carbocycles. The first-order valence-corrected chi connectivity index (χ1v) is 7.17. The molecule has 3 rings (SSSR count). The Morgan fingerprint density at radius 1 is 1.37 bits per heavy atom. The van der Waals surface area contributed by atoms with Gasteiger partial charge in [0, 0.05) is 18.8 Å². The Labute approximate surface area is 113 Å². The third-order valence-electron chi connectivity index (χ3n) is 4.58. The molecule has 1 aliphatic carbocycles. The van der Waals surface area contributed by atoms with Gasteiger partial charge in [-0.1, -0.05) is 12.5 Å². The van der Waals surface area contributed by atoms with Crippen LogP contribution >= 0.6 is 0 Å². The van der Waals surface area contributed by atoms with Gasteiger partial charge in [-0.3, -0.25) is 4.90 Å². The van der Waals surface area contributed by atoms with Gasteiger partial charge in [0.15, 0.2) is 5.69 Å². The van der Waals surface area contributed by atoms with E-state index in [1.54, 1.807) is 6.20 Å². The van der Waals surface area contributed by atoms with Crippen molar-refractivity contribution in [2.24, 2.45) is 5.92 Å². The molecule has 1 saturated heterocycles. The van der Waals surface area contributed by atoms with Gasteiger partial charge in [0.05, 0.1) is 0 Å². The van der Waals surface area contributed by atoms with Crippen molar-refractivity contribution >= 4 is 5.97 Å². The Morgan fingerprint density at radius 3 is 3.05 bits per heavy atom. The largest absolute Gasteiger partial charge is 0.477 e. The van der Waals surface area contributed by atoms with E-state index in [4.69, 9.17) is 0 Å². The number of carboxylic acid groups (broad SMARTS) is 1. The van der Waals surface area contributed by atoms with Gasteiger partial charge in [-0.2, -0.15) is 0 Å². The summed E-state index contributed by atoms with van der Waals surface area (Å²) in [5.74, 6) is -0.0886. The van der Waals surface area contributed by atoms with E-state index in [0.29, 0.717) is 6.04 Å². The van der Waals surface area contributed by atoms with E-state index >= 15 is 0 Å². The van der Waals surface area contributed by atoms with E-state index in [1.807, 2.05) is 12.1 Å². The first kappa shape index (κ1) is 12.6. The summed E-state index contributed by atoms with van der Waals surface area (Å²) in [7, 11) is 0. The summed E-state index contributed by atoms with van der Waals surface area (Å²) in [6, 6.07) is 4.39. The molecule has 0 aromatic carbocycles. The minimum absolute atomic E-state index is 0.211. The molecule has 2 fully saturated rings. The lowest BCUT2D eigenvalue weighted by molar-refractivity contribution is 0.0682. The average Bonchev–Trinajstić information content (AvgIpc) is 2.88. The topological polar surface area (TPSA) is 53.4 Å². The Hall–Kier alpha value is -1.42. The van der Waals surface area contributed by atoms with Crippen LogP contribution in [0.4, 0.5) is 0 Å². The Bertz CT molecular complexity index is 475. The summed E-state index contributed by atoms with van der Waals surface area (Å²) in [6.07, 6.45) is 8.09. The second kappa shape index (κ2) is 5.29. The van der Waals surface area contributed by atoms with Crippen molar-refractivity contribution in [2.45, 2.75) is 44.7 Å². The van der Waals surface area contributed by atoms with E-state index in [9.17, 15) is 9.90 Å². The number of carbonyl (C=O) groups is 1. The molecule has 4 nitrogen and oxygen atoms in total. The lowest BCUT2D eigenvalue weighted by atomic mass is 9.91. The lowest BCUT2D eigenvalue weighted by Crippen LogP contribution is -2.42. The zero-order chi connectivity index (χ0) is 13.2. The van der Waals surface area contributed by atoms with Crippen molar-refractivity contribution in [3.05, 3.63) is 29.6 Å². The van der Waals surface area contributed by atoms with Crippen LogP contribution in [0.15, 0.2) is 18.3 Å². The molecule has 1 aromatic rings. The number of hydrogen-bond donors (Lipinski definition) is 1. The van der Waals surface area contributed by atoms with E-state index in [-0.39, 0.29) is 5.69 Å². The lowest BCUT2D eigenvalue weighted by Gasteiger charge is -2.37. The SMILES string of the molecule is O=C(O)c1ncccc1CN1CCCC2CCCC21. The van der Waals surface area contributed by atoms with Gasteiger partial charge >= 0.3 is 5.97 Å². The highest BCUT2D eigenvalue weighted by molar-refractivity contribution is 5.86. The molecule has 1 N–H and O–H groups in total. The predicted molar refractivity (Wildman–Crippen MR) is 72.0 cm³/mol. The highest BCUT2D eigenvalue weighted by Crippen LogP contribution is 2.37. The summed E-state index contributed by atoms with van der Waals surface area (Å²) in [5.41, 5.74) is 1.06. The second-order valence-electron chi connectivity index (χ2n) is 5.69. The van der Waals surface area contributed by atoms with Crippen LogP contribution in [-0.2, 0) is 6.54 Å². The van der Waals surface area contributed by atoms with Crippen LogP contribution in [0, 0.1) is 5.92 Å². The fraction of sp³-hybridized carbons (Fsp3) is 0.600. The molecular weight excluding hydrogens is 240 g/mol. The summed E-state index contributed by atoms with van der Waals surface area (Å²) in [6.45, 7) is 1.83. The summed E-state index contributed by atoms with van der Waals surface area (Å²) in [5, 5.41) is 9.20. The van der Waals surface area contributed by atoms with Gasteiger partial charge in [0.2, 0.25) is 0 Å². The second-order valence-corrected chi connectivity index (χ2v) is 5.69. The van der Waals surface area contributed by atoms with Crippen molar-refractivity contribution in [3.8, 4) is 0 Å². The van der Waals surface area contributed by atoms with Crippen molar-refractivity contribution in [1.82, 2.24) is 9.88 Å². The third kappa shape index (κ3) is 2.50. The molecule has 2 heterocycles. The minimum Gasteiger partial charge on any atom is -0.477 e. The number of carboxylic acids is 1. The maximum atomic E-state index is 11.2. The van der Waals surface area contributed by atoms with Crippen LogP contribution in [0.5, 0.6) is 0 Å². The van der Waals surface area contributed by atoms with E-state index in [1.165, 1.54) is 32.1 Å². The van der Waals surface area contributed by atoms with Gasteiger partial charge < -0.3 is 5.11 Å². The summed E-state index contributed by atoms with van der Waals surface area (Å²) < 4.78 is 0. The summed E-state index contributed by atoms with van der Waals surface area (Å²) >= 11 is 0. The zero-order valence-corrected chi connectivity index (χ0v) is 11.1. The smallest absolute Gasteiger partial charge is 0.354 e. The van der Waals surface area contributed by atoms with Gasteiger partial charge in [-0.25, -0.2) is 9.78 Å². The zero-order valence-electron chi connectivity index (χ0n) is 11.1. The molecule has 4 heteroatoms. The molecule has 2 aliphatic rings. The number of pyridine rings is 1. The number of rotatable bonds is 3. The van der Waals surface area contributed by atoms with Gasteiger partial charge in [0.25, 0.3) is 0 Å². The molecule has 1 aliphatic heterocycles. The van der Waals surface area contributed by atoms with E-state index < -0.39 is 5.97 Å². The molecule has 102 valence electrons. The summed E-state index contributed by atoms with van der Waals surface area (Å²) in [4.78, 5) is 17.7. The van der Waals surface area contributed by atoms with Crippen LogP contribution in [0.25, 0.3) is 0 Å². The first-order chi connectivity index (χ1) is 9.25. The molecule has 2 atom stereocenters. The maximum Gasteiger partial charge on any atom is 0.354 e. The molecule has 0 bridgehead atoms. The van der Waals surface area contributed by atoms with Crippen LogP contribution in [0.2, 0.25) is 0 Å². The number of likely N-dealkylation sites (tertiary alicyclic amines) is 1. The van der Waals surface area contributed by atoms with Crippen LogP contribution in [0.1, 0.15) is 48.2 Å². The van der Waals surface area contributed by atoms with E-state index in [0.717, 1.165) is 24.6 Å². The minimum atomic E-state index is -0.921. The number of hydrogen-bond acceptors (Lipinski definition) is 3. The van der Waals surface area contributed by atoms with Crippen molar-refractivity contribution in [3.63, 3.8) is 0 Å². The predicted octanol–water partition coefficient (Wildman–Crippen LogP) is 2.54. The Balaban J connectivity index is 1.79. The van der Waals surface area contributed by atoms with Gasteiger partial charge in [-0.15, -0.1) is 0 Å². The highest BCUT2D eigenvalue weighted by Gasteiger charge is 2.35. The quantitative estimate of drug-likeness (QED) is 0.907. The van der Waals surface area contributed by atoms with Crippen LogP contribution in [0.3, 0.4) is 0 Å². The van der Waals surface area contributed by atoms with Crippen LogP contribution in [-0.4, -0.2) is 33.5 Å². The number of aromatic nitrogens is 1. The molecular formula is C15H20N2O2.